The van der Waals surface area contributed by atoms with Crippen LogP contribution in [0.2, 0.25) is 0 Å². The monoisotopic (exact) mass is 310 g/mol. The van der Waals surface area contributed by atoms with Crippen LogP contribution in [0.25, 0.3) is 5.69 Å². The molecule has 0 bridgehead atoms. The van der Waals surface area contributed by atoms with E-state index >= 15 is 0 Å². The van der Waals surface area contributed by atoms with Crippen LogP contribution in [0.3, 0.4) is 0 Å². The first-order valence-corrected chi connectivity index (χ1v) is 7.30. The fourth-order valence-corrected chi connectivity index (χ4v) is 2.62. The summed E-state index contributed by atoms with van der Waals surface area (Å²) in [6.07, 6.45) is 1.61. The standard InChI is InChI=1S/C19H16F2N2/c1-13-10-15(12-22-19-9-8-16(20)11-18(19)21)14(2)23(13)17-6-4-3-5-7-17/h3-12H,1-2H3. The Bertz CT molecular complexity index is 865. The van der Waals surface area contributed by atoms with Gasteiger partial charge in [0.05, 0.1) is 5.69 Å². The highest BCUT2D eigenvalue weighted by atomic mass is 19.1. The Balaban J connectivity index is 1.97. The lowest BCUT2D eigenvalue weighted by Crippen LogP contribution is -1.99. The van der Waals surface area contributed by atoms with Gasteiger partial charge in [0.2, 0.25) is 0 Å². The summed E-state index contributed by atoms with van der Waals surface area (Å²) < 4.78 is 28.7. The van der Waals surface area contributed by atoms with E-state index in [2.05, 4.69) is 9.56 Å². The van der Waals surface area contributed by atoms with Crippen molar-refractivity contribution in [1.29, 1.82) is 0 Å². The second-order valence-electron chi connectivity index (χ2n) is 5.35. The van der Waals surface area contributed by atoms with Crippen LogP contribution in [-0.2, 0) is 0 Å². The fraction of sp³-hybridized carbons (Fsp3) is 0.105. The third kappa shape index (κ3) is 3.06. The molecule has 0 aliphatic rings. The number of benzene rings is 2. The predicted octanol–water partition coefficient (Wildman–Crippen LogP) is 5.12. The number of aliphatic imine (C=N–C) groups is 1. The molecule has 116 valence electrons. The van der Waals surface area contributed by atoms with Gasteiger partial charge < -0.3 is 4.57 Å². The number of nitrogens with zero attached hydrogens (tertiary/aromatic N) is 2. The van der Waals surface area contributed by atoms with Crippen molar-refractivity contribution in [2.75, 3.05) is 0 Å². The number of hydrogen-bond donors (Lipinski definition) is 0. The smallest absolute Gasteiger partial charge is 0.151 e. The molecule has 0 amide bonds. The predicted molar refractivity (Wildman–Crippen MR) is 88.9 cm³/mol. The lowest BCUT2D eigenvalue weighted by molar-refractivity contribution is 0.585. The fourth-order valence-electron chi connectivity index (χ4n) is 2.62. The third-order valence-electron chi connectivity index (χ3n) is 3.74. The molecule has 23 heavy (non-hydrogen) atoms. The molecule has 0 aliphatic carbocycles. The minimum atomic E-state index is -0.668. The molecule has 0 spiro atoms. The van der Waals surface area contributed by atoms with Gasteiger partial charge in [-0.05, 0) is 44.2 Å². The van der Waals surface area contributed by atoms with Gasteiger partial charge in [-0.15, -0.1) is 0 Å². The first-order valence-electron chi connectivity index (χ1n) is 7.30. The molecule has 2 aromatic carbocycles. The van der Waals surface area contributed by atoms with E-state index in [1.54, 1.807) is 6.21 Å². The van der Waals surface area contributed by atoms with Gasteiger partial charge in [-0.25, -0.2) is 8.78 Å². The molecular formula is C19H16F2N2. The van der Waals surface area contributed by atoms with Gasteiger partial charge in [0.1, 0.15) is 5.82 Å². The van der Waals surface area contributed by atoms with E-state index in [1.165, 1.54) is 12.1 Å². The molecule has 0 fully saturated rings. The van der Waals surface area contributed by atoms with Crippen molar-refractivity contribution in [3.05, 3.63) is 83.2 Å². The number of aromatic nitrogens is 1. The highest BCUT2D eigenvalue weighted by Crippen LogP contribution is 2.22. The van der Waals surface area contributed by atoms with Crippen molar-refractivity contribution >= 4 is 11.9 Å². The molecule has 0 atom stereocenters. The van der Waals surface area contributed by atoms with Crippen LogP contribution in [0.4, 0.5) is 14.5 Å². The van der Waals surface area contributed by atoms with Gasteiger partial charge in [0.15, 0.2) is 5.82 Å². The minimum absolute atomic E-state index is 0.121. The van der Waals surface area contributed by atoms with E-state index in [9.17, 15) is 8.78 Å². The highest BCUT2D eigenvalue weighted by molar-refractivity contribution is 5.84. The van der Waals surface area contributed by atoms with Crippen molar-refractivity contribution in [2.45, 2.75) is 13.8 Å². The number of halogens is 2. The van der Waals surface area contributed by atoms with E-state index < -0.39 is 11.6 Å². The Morgan fingerprint density at radius 3 is 2.39 bits per heavy atom. The third-order valence-corrected chi connectivity index (χ3v) is 3.74. The van der Waals surface area contributed by atoms with Crippen molar-refractivity contribution in [2.24, 2.45) is 4.99 Å². The van der Waals surface area contributed by atoms with E-state index in [0.717, 1.165) is 28.7 Å². The van der Waals surface area contributed by atoms with Gasteiger partial charge in [-0.1, -0.05) is 18.2 Å². The molecule has 0 saturated carbocycles. The van der Waals surface area contributed by atoms with Crippen LogP contribution in [0, 0.1) is 25.5 Å². The summed E-state index contributed by atoms with van der Waals surface area (Å²) in [6.45, 7) is 4.00. The minimum Gasteiger partial charge on any atom is -0.318 e. The van der Waals surface area contributed by atoms with Crippen molar-refractivity contribution < 1.29 is 8.78 Å². The molecule has 3 aromatic rings. The van der Waals surface area contributed by atoms with Gasteiger partial charge >= 0.3 is 0 Å². The van der Waals surface area contributed by atoms with E-state index in [0.29, 0.717) is 0 Å². The first-order chi connectivity index (χ1) is 11.1. The zero-order valence-corrected chi connectivity index (χ0v) is 12.9. The average Bonchev–Trinajstić information content (AvgIpc) is 2.81. The molecule has 0 N–H and O–H groups in total. The molecule has 0 unspecified atom stereocenters. The van der Waals surface area contributed by atoms with Crippen LogP contribution in [0.15, 0.2) is 59.6 Å². The second kappa shape index (κ2) is 6.16. The van der Waals surface area contributed by atoms with Crippen LogP contribution in [0.5, 0.6) is 0 Å². The average molecular weight is 310 g/mol. The molecule has 2 nitrogen and oxygen atoms in total. The molecule has 0 radical (unpaired) electrons. The summed E-state index contributed by atoms with van der Waals surface area (Å²) in [5.74, 6) is -1.28. The quantitative estimate of drug-likeness (QED) is 0.597. The number of para-hydroxylation sites is 1. The summed E-state index contributed by atoms with van der Waals surface area (Å²) in [4.78, 5) is 4.15. The van der Waals surface area contributed by atoms with Gasteiger partial charge in [-0.3, -0.25) is 4.99 Å². The highest BCUT2D eigenvalue weighted by Gasteiger charge is 2.09. The first kappa shape index (κ1) is 15.2. The summed E-state index contributed by atoms with van der Waals surface area (Å²) in [7, 11) is 0. The summed E-state index contributed by atoms with van der Waals surface area (Å²) in [6, 6.07) is 15.3. The van der Waals surface area contributed by atoms with Gasteiger partial charge in [-0.2, -0.15) is 0 Å². The van der Waals surface area contributed by atoms with Gasteiger partial charge in [0, 0.05) is 34.9 Å². The van der Waals surface area contributed by atoms with Crippen molar-refractivity contribution in [3.63, 3.8) is 0 Å². The van der Waals surface area contributed by atoms with Crippen LogP contribution < -0.4 is 0 Å². The Hall–Kier alpha value is -2.75. The molecular weight excluding hydrogens is 294 g/mol. The molecule has 0 saturated heterocycles. The van der Waals surface area contributed by atoms with Crippen molar-refractivity contribution in [3.8, 4) is 5.69 Å². The summed E-state index contributed by atoms with van der Waals surface area (Å²) in [5, 5.41) is 0. The maximum atomic E-state index is 13.6. The largest absolute Gasteiger partial charge is 0.318 e. The number of hydrogen-bond acceptors (Lipinski definition) is 1. The molecule has 1 heterocycles. The normalized spacial score (nSPS) is 11.3. The second-order valence-corrected chi connectivity index (χ2v) is 5.35. The Labute approximate surface area is 133 Å². The molecule has 3 rings (SSSR count). The van der Waals surface area contributed by atoms with E-state index in [4.69, 9.17) is 0 Å². The lowest BCUT2D eigenvalue weighted by atomic mass is 10.2. The van der Waals surface area contributed by atoms with Crippen molar-refractivity contribution in [1.82, 2.24) is 4.57 Å². The SMILES string of the molecule is Cc1cc(C=Nc2ccc(F)cc2F)c(C)n1-c1ccccc1. The molecule has 4 heteroatoms. The maximum Gasteiger partial charge on any atom is 0.151 e. The van der Waals surface area contributed by atoms with Crippen LogP contribution in [-0.4, -0.2) is 10.8 Å². The van der Waals surface area contributed by atoms with Crippen LogP contribution in [0.1, 0.15) is 17.0 Å². The Kier molecular flexibility index (Phi) is 4.06. The van der Waals surface area contributed by atoms with E-state index in [1.807, 2.05) is 50.2 Å². The zero-order valence-electron chi connectivity index (χ0n) is 12.9. The topological polar surface area (TPSA) is 17.3 Å². The summed E-state index contributed by atoms with van der Waals surface area (Å²) in [5.41, 5.74) is 4.16. The molecule has 0 aliphatic heterocycles. The van der Waals surface area contributed by atoms with E-state index in [-0.39, 0.29) is 5.69 Å². The Morgan fingerprint density at radius 2 is 1.70 bits per heavy atom. The molecule has 1 aromatic heterocycles. The van der Waals surface area contributed by atoms with Crippen LogP contribution >= 0.6 is 0 Å². The summed E-state index contributed by atoms with van der Waals surface area (Å²) >= 11 is 0. The lowest BCUT2D eigenvalue weighted by Gasteiger charge is -2.08. The Morgan fingerprint density at radius 1 is 0.957 bits per heavy atom. The zero-order chi connectivity index (χ0) is 16.4. The van der Waals surface area contributed by atoms with Gasteiger partial charge in [0.25, 0.3) is 0 Å². The maximum absolute atomic E-state index is 13.6. The number of aryl methyl sites for hydroxylation is 1. The number of rotatable bonds is 3.